The van der Waals surface area contributed by atoms with Crippen LogP contribution in [0, 0.1) is 0 Å². The summed E-state index contributed by atoms with van der Waals surface area (Å²) in [5.74, 6) is 0. The molecule has 0 aromatic rings. The first kappa shape index (κ1) is 9.04. The minimum absolute atomic E-state index is 0.394. The number of hydrogen-bond acceptors (Lipinski definition) is 2. The largest absolute Gasteiger partial charge is 0.377 e. The Morgan fingerprint density at radius 1 is 1.73 bits per heavy atom. The quantitative estimate of drug-likeness (QED) is 0.700. The second kappa shape index (κ2) is 4.75. The van der Waals surface area contributed by atoms with Crippen molar-refractivity contribution in [1.29, 1.82) is 0 Å². The molecule has 2 nitrogen and oxygen atoms in total. The molecule has 1 atom stereocenters. The third-order valence-corrected chi connectivity index (χ3v) is 1.85. The summed E-state index contributed by atoms with van der Waals surface area (Å²) in [5, 5.41) is 3.83. The van der Waals surface area contributed by atoms with Gasteiger partial charge in [-0.3, -0.25) is 0 Å². The molecule has 0 bridgehead atoms. The van der Waals surface area contributed by atoms with Crippen LogP contribution in [0.5, 0.6) is 0 Å². The van der Waals surface area contributed by atoms with Gasteiger partial charge >= 0.3 is 0 Å². The third kappa shape index (κ3) is 3.75. The van der Waals surface area contributed by atoms with Gasteiger partial charge in [-0.2, -0.15) is 0 Å². The summed E-state index contributed by atoms with van der Waals surface area (Å²) in [6.07, 6.45) is 2.75. The molecule has 1 rings (SSSR count). The second-order valence-corrected chi connectivity index (χ2v) is 3.32. The summed E-state index contributed by atoms with van der Waals surface area (Å²) in [5.41, 5.74) is 0. The highest BCUT2D eigenvalue weighted by atomic mass is 35.5. The van der Waals surface area contributed by atoms with Gasteiger partial charge in [-0.05, 0) is 12.8 Å². The molecule has 1 unspecified atom stereocenters. The molecule has 0 spiro atoms. The number of ether oxygens (including phenoxy) is 1. The van der Waals surface area contributed by atoms with E-state index in [2.05, 4.69) is 11.9 Å². The van der Waals surface area contributed by atoms with Crippen LogP contribution in [0.3, 0.4) is 0 Å². The van der Waals surface area contributed by atoms with E-state index in [9.17, 15) is 0 Å². The Hall–Kier alpha value is -0.0500. The van der Waals surface area contributed by atoms with Crippen LogP contribution >= 0.6 is 11.6 Å². The lowest BCUT2D eigenvalue weighted by Crippen LogP contribution is -2.26. The Balaban J connectivity index is 1.98. The van der Waals surface area contributed by atoms with Gasteiger partial charge in [0.15, 0.2) is 0 Å². The summed E-state index contributed by atoms with van der Waals surface area (Å²) >= 11 is 5.57. The van der Waals surface area contributed by atoms with Gasteiger partial charge in [-0.1, -0.05) is 18.2 Å². The average Bonchev–Trinajstić information content (AvgIpc) is 2.39. The molecule has 1 aliphatic rings. The summed E-state index contributed by atoms with van der Waals surface area (Å²) in [6, 6.07) is 0. The fraction of sp³-hybridized carbons (Fsp3) is 0.750. The molecule has 0 amide bonds. The Morgan fingerprint density at radius 2 is 2.55 bits per heavy atom. The van der Waals surface area contributed by atoms with Gasteiger partial charge in [0.25, 0.3) is 0 Å². The fourth-order valence-corrected chi connectivity index (χ4v) is 1.27. The molecule has 0 aliphatic carbocycles. The maximum absolute atomic E-state index is 5.57. The van der Waals surface area contributed by atoms with Crippen LogP contribution in [-0.2, 0) is 4.74 Å². The van der Waals surface area contributed by atoms with Gasteiger partial charge in [0.2, 0.25) is 0 Å². The lowest BCUT2D eigenvalue weighted by Gasteiger charge is -2.09. The third-order valence-electron chi connectivity index (χ3n) is 1.71. The van der Waals surface area contributed by atoms with Gasteiger partial charge in [-0.25, -0.2) is 0 Å². The normalized spacial score (nSPS) is 23.9. The van der Waals surface area contributed by atoms with E-state index in [4.69, 9.17) is 16.3 Å². The maximum atomic E-state index is 5.57. The molecule has 1 fully saturated rings. The van der Waals surface area contributed by atoms with Crippen LogP contribution in [-0.4, -0.2) is 25.8 Å². The lowest BCUT2D eigenvalue weighted by atomic mass is 10.2. The summed E-state index contributed by atoms with van der Waals surface area (Å²) in [6.45, 7) is 6.07. The SMILES string of the molecule is C=C(Cl)CNCC1CCCO1. The van der Waals surface area contributed by atoms with Crippen molar-refractivity contribution in [2.24, 2.45) is 0 Å². The van der Waals surface area contributed by atoms with Crippen LogP contribution < -0.4 is 5.32 Å². The number of halogens is 1. The summed E-state index contributed by atoms with van der Waals surface area (Å²) in [4.78, 5) is 0. The molecule has 0 radical (unpaired) electrons. The zero-order chi connectivity index (χ0) is 8.10. The lowest BCUT2D eigenvalue weighted by molar-refractivity contribution is 0.111. The molecular weight excluding hydrogens is 162 g/mol. The topological polar surface area (TPSA) is 21.3 Å². The highest BCUT2D eigenvalue weighted by Crippen LogP contribution is 2.10. The van der Waals surface area contributed by atoms with E-state index in [1.807, 2.05) is 0 Å². The van der Waals surface area contributed by atoms with Crippen molar-refractivity contribution < 1.29 is 4.74 Å². The van der Waals surface area contributed by atoms with Gasteiger partial charge in [0, 0.05) is 24.7 Å². The Kier molecular flexibility index (Phi) is 3.91. The van der Waals surface area contributed by atoms with Gasteiger partial charge in [-0.15, -0.1) is 0 Å². The Morgan fingerprint density at radius 3 is 3.09 bits per heavy atom. The maximum Gasteiger partial charge on any atom is 0.0700 e. The van der Waals surface area contributed by atoms with Crippen LogP contribution in [0.4, 0.5) is 0 Å². The molecule has 11 heavy (non-hydrogen) atoms. The first-order valence-corrected chi connectivity index (χ1v) is 4.32. The van der Waals surface area contributed by atoms with Crippen LogP contribution in [0.1, 0.15) is 12.8 Å². The zero-order valence-electron chi connectivity index (χ0n) is 6.61. The van der Waals surface area contributed by atoms with Gasteiger partial charge < -0.3 is 10.1 Å². The Bertz CT molecular complexity index is 132. The van der Waals surface area contributed by atoms with E-state index >= 15 is 0 Å². The smallest absolute Gasteiger partial charge is 0.0700 e. The molecule has 0 aromatic heterocycles. The number of rotatable bonds is 4. The summed E-state index contributed by atoms with van der Waals surface area (Å²) in [7, 11) is 0. The van der Waals surface area contributed by atoms with Crippen molar-refractivity contribution in [3.63, 3.8) is 0 Å². The highest BCUT2D eigenvalue weighted by Gasteiger charge is 2.13. The molecular formula is C8H14ClNO. The van der Waals surface area contributed by atoms with E-state index < -0.39 is 0 Å². The van der Waals surface area contributed by atoms with Crippen molar-refractivity contribution in [2.75, 3.05) is 19.7 Å². The van der Waals surface area contributed by atoms with Gasteiger partial charge in [0.1, 0.15) is 0 Å². The monoisotopic (exact) mass is 175 g/mol. The molecule has 1 saturated heterocycles. The molecule has 1 aliphatic heterocycles. The van der Waals surface area contributed by atoms with E-state index in [1.165, 1.54) is 12.8 Å². The average molecular weight is 176 g/mol. The van der Waals surface area contributed by atoms with Crippen molar-refractivity contribution in [2.45, 2.75) is 18.9 Å². The van der Waals surface area contributed by atoms with Crippen molar-refractivity contribution in [3.8, 4) is 0 Å². The van der Waals surface area contributed by atoms with E-state index in [-0.39, 0.29) is 0 Å². The van der Waals surface area contributed by atoms with E-state index in [0.29, 0.717) is 17.7 Å². The zero-order valence-corrected chi connectivity index (χ0v) is 7.36. The van der Waals surface area contributed by atoms with E-state index in [0.717, 1.165) is 13.2 Å². The summed E-state index contributed by atoms with van der Waals surface area (Å²) < 4.78 is 5.40. The predicted molar refractivity (Wildman–Crippen MR) is 46.8 cm³/mol. The molecule has 1 N–H and O–H groups in total. The first-order chi connectivity index (χ1) is 5.29. The number of hydrogen-bond donors (Lipinski definition) is 1. The highest BCUT2D eigenvalue weighted by molar-refractivity contribution is 6.29. The standard InChI is InChI=1S/C8H14ClNO/c1-7(9)5-10-6-8-3-2-4-11-8/h8,10H,1-6H2. The van der Waals surface area contributed by atoms with Gasteiger partial charge in [0.05, 0.1) is 6.10 Å². The predicted octanol–water partition coefficient (Wildman–Crippen LogP) is 1.51. The fourth-order valence-electron chi connectivity index (χ4n) is 1.17. The van der Waals surface area contributed by atoms with Crippen LogP contribution in [0.2, 0.25) is 0 Å². The molecule has 64 valence electrons. The Labute approximate surface area is 72.6 Å². The molecule has 1 heterocycles. The minimum Gasteiger partial charge on any atom is -0.377 e. The van der Waals surface area contributed by atoms with Crippen LogP contribution in [0.15, 0.2) is 11.6 Å². The molecule has 3 heteroatoms. The molecule has 0 aromatic carbocycles. The van der Waals surface area contributed by atoms with Crippen LogP contribution in [0.25, 0.3) is 0 Å². The number of nitrogens with one attached hydrogen (secondary N) is 1. The minimum atomic E-state index is 0.394. The van der Waals surface area contributed by atoms with Crippen molar-refractivity contribution in [1.82, 2.24) is 5.32 Å². The first-order valence-electron chi connectivity index (χ1n) is 3.94. The van der Waals surface area contributed by atoms with Crippen molar-refractivity contribution >= 4 is 11.6 Å². The van der Waals surface area contributed by atoms with E-state index in [1.54, 1.807) is 0 Å². The van der Waals surface area contributed by atoms with Crippen molar-refractivity contribution in [3.05, 3.63) is 11.6 Å². The second-order valence-electron chi connectivity index (χ2n) is 2.78. The molecule has 0 saturated carbocycles.